The van der Waals surface area contributed by atoms with Crippen LogP contribution in [-0.2, 0) is 27.2 Å². The molecule has 0 spiro atoms. The number of aliphatic hydroxyl groups is 2. The second-order valence-corrected chi connectivity index (χ2v) is 10.9. The van der Waals surface area contributed by atoms with E-state index >= 15 is 0 Å². The summed E-state index contributed by atoms with van der Waals surface area (Å²) in [5.41, 5.74) is 10.9. The molecule has 0 aliphatic heterocycles. The minimum atomic E-state index is -2.75. The van der Waals surface area contributed by atoms with Gasteiger partial charge in [0.2, 0.25) is 11.5 Å². The zero-order chi connectivity index (χ0) is 30.2. The third-order valence-electron chi connectivity index (χ3n) is 8.27. The molecule has 0 bridgehead atoms. The molecule has 41 heavy (non-hydrogen) atoms. The number of ketones is 3. The van der Waals surface area contributed by atoms with Gasteiger partial charge in [-0.25, -0.2) is 0 Å². The molecule has 2 aromatic rings. The van der Waals surface area contributed by atoms with E-state index in [0.717, 1.165) is 0 Å². The molecular formula is C27H26N6O8. The Morgan fingerprint density at radius 3 is 2.44 bits per heavy atom. The van der Waals surface area contributed by atoms with E-state index in [1.54, 1.807) is 6.07 Å². The van der Waals surface area contributed by atoms with Gasteiger partial charge >= 0.3 is 0 Å². The number of aliphatic hydroxyl groups excluding tert-OH is 2. The summed E-state index contributed by atoms with van der Waals surface area (Å²) in [4.78, 5) is 53.9. The third kappa shape index (κ3) is 3.43. The smallest absolute Gasteiger partial charge is 0.255 e. The number of hydrogen-bond acceptors (Lipinski definition) is 13. The number of primary amides is 1. The number of nitrogens with zero attached hydrogens (tertiary/aromatic N) is 3. The fourth-order valence-corrected chi connectivity index (χ4v) is 6.62. The number of aromatic hydroxyl groups is 1. The largest absolute Gasteiger partial charge is 0.509 e. The highest BCUT2D eigenvalue weighted by molar-refractivity contribution is 6.25. The van der Waals surface area contributed by atoms with Gasteiger partial charge in [0.05, 0.1) is 40.5 Å². The van der Waals surface area contributed by atoms with E-state index in [9.17, 15) is 39.8 Å². The highest BCUT2D eigenvalue weighted by Gasteiger charge is 2.74. The lowest BCUT2D eigenvalue weighted by molar-refractivity contribution is -0.139. The molecule has 1 fully saturated rings. The number of phenolic OH excluding ortho intramolecular Hbond substituents is 1. The first-order valence-electron chi connectivity index (χ1n) is 12.4. The van der Waals surface area contributed by atoms with Crippen molar-refractivity contribution in [3.8, 4) is 11.8 Å². The zero-order valence-corrected chi connectivity index (χ0v) is 22.0. The van der Waals surface area contributed by atoms with Crippen LogP contribution >= 0.6 is 0 Å². The van der Waals surface area contributed by atoms with Gasteiger partial charge in [-0.3, -0.25) is 24.1 Å². The minimum absolute atomic E-state index is 0.0572. The molecule has 14 heteroatoms. The molecule has 1 saturated carbocycles. The van der Waals surface area contributed by atoms with E-state index in [2.05, 4.69) is 5.16 Å². The highest BCUT2D eigenvalue weighted by Crippen LogP contribution is 2.58. The van der Waals surface area contributed by atoms with Crippen molar-refractivity contribution in [2.24, 2.45) is 22.6 Å². The molecule has 9 N–H and O–H groups in total. The average molecular weight is 563 g/mol. The Balaban J connectivity index is 1.74. The van der Waals surface area contributed by atoms with Crippen molar-refractivity contribution in [1.82, 2.24) is 10.1 Å². The second-order valence-electron chi connectivity index (χ2n) is 10.9. The first kappa shape index (κ1) is 27.7. The van der Waals surface area contributed by atoms with Crippen molar-refractivity contribution in [3.63, 3.8) is 0 Å². The van der Waals surface area contributed by atoms with E-state index in [-0.39, 0.29) is 29.7 Å². The number of hydrogen-bond donors (Lipinski definition) is 6. The van der Waals surface area contributed by atoms with E-state index < -0.39 is 80.6 Å². The van der Waals surface area contributed by atoms with Gasteiger partial charge in [0.15, 0.2) is 17.0 Å². The number of carbonyl (C=O) groups is 4. The average Bonchev–Trinajstić information content (AvgIpc) is 3.40. The Labute approximate surface area is 232 Å². The predicted molar refractivity (Wildman–Crippen MR) is 139 cm³/mol. The van der Waals surface area contributed by atoms with Crippen molar-refractivity contribution in [1.29, 1.82) is 5.26 Å². The van der Waals surface area contributed by atoms with E-state index in [1.807, 2.05) is 0 Å². The van der Waals surface area contributed by atoms with Crippen molar-refractivity contribution in [2.45, 2.75) is 36.4 Å². The molecule has 3 aliphatic carbocycles. The molecule has 3 aliphatic rings. The number of aromatic nitrogens is 1. The zero-order valence-electron chi connectivity index (χ0n) is 22.0. The fourth-order valence-electron chi connectivity index (χ4n) is 6.62. The van der Waals surface area contributed by atoms with Crippen molar-refractivity contribution < 1.29 is 39.0 Å². The molecule has 1 aromatic carbocycles. The lowest BCUT2D eigenvalue weighted by Gasteiger charge is -2.58. The van der Waals surface area contributed by atoms with Gasteiger partial charge in [0.25, 0.3) is 5.91 Å². The van der Waals surface area contributed by atoms with Crippen LogP contribution < -0.4 is 17.2 Å². The van der Waals surface area contributed by atoms with Gasteiger partial charge < -0.3 is 37.0 Å². The molecule has 4 atom stereocenters. The first-order valence-corrected chi connectivity index (χ1v) is 12.4. The maximum absolute atomic E-state index is 14.3. The van der Waals surface area contributed by atoms with Gasteiger partial charge in [-0.05, 0) is 32.5 Å². The number of nitrogens with two attached hydrogens (primary N) is 3. The Morgan fingerprint density at radius 2 is 1.88 bits per heavy atom. The number of carbonyl (C=O) groups excluding carboxylic acids is 4. The number of fused-ring (bicyclic) bond motifs is 3. The third-order valence-corrected chi connectivity index (χ3v) is 8.27. The fraction of sp³-hybridized carbons (Fsp3) is 0.333. The molecule has 0 radical (unpaired) electrons. The Morgan fingerprint density at radius 1 is 1.20 bits per heavy atom. The maximum Gasteiger partial charge on any atom is 0.255 e. The molecule has 1 aromatic heterocycles. The first-order chi connectivity index (χ1) is 19.2. The van der Waals surface area contributed by atoms with Crippen LogP contribution in [0.15, 0.2) is 45.8 Å². The summed E-state index contributed by atoms with van der Waals surface area (Å²) in [5, 5.41) is 47.7. The standard InChI is InChI=1S/C27H26N6O8/c1-33(2)21-20(37)16(24(29)40)22(38)26(10-28)23(39)17-19(36)15-12(8-25(17,30)9-27(21,26)31)4-3-11(18(15)35)7-13(34)14-5-6-32-41-14/h3-6,21,35-36,38H,7-9,30-31H2,1-2H3,(H2,29,40)/t21-,25-,26+,27-/m1/s1. The molecule has 212 valence electrons. The number of Topliss-reactive ketones (excluding diaryl/α,β-unsaturated/α-hetero) is 3. The Bertz CT molecular complexity index is 1670. The van der Waals surface area contributed by atoms with Crippen LogP contribution in [0.25, 0.3) is 5.76 Å². The number of likely N-dealkylation sites (N-methyl/N-ethyl adjacent to an activating group) is 1. The lowest BCUT2D eigenvalue weighted by atomic mass is 9.47. The molecule has 0 saturated heterocycles. The topological polar surface area (TPSA) is 260 Å². The number of amides is 1. The van der Waals surface area contributed by atoms with Crippen LogP contribution in [0.5, 0.6) is 5.75 Å². The Kier molecular flexibility index (Phi) is 5.97. The molecule has 1 amide bonds. The van der Waals surface area contributed by atoms with Crippen molar-refractivity contribution in [3.05, 3.63) is 63.8 Å². The number of rotatable bonds is 5. The Hall–Kier alpha value is -4.84. The van der Waals surface area contributed by atoms with Crippen molar-refractivity contribution in [2.75, 3.05) is 14.1 Å². The molecular weight excluding hydrogens is 536 g/mol. The second kappa shape index (κ2) is 8.83. The van der Waals surface area contributed by atoms with E-state index in [4.69, 9.17) is 21.7 Å². The maximum atomic E-state index is 14.3. The number of nitriles is 1. The monoisotopic (exact) mass is 562 g/mol. The summed E-state index contributed by atoms with van der Waals surface area (Å²) in [6.45, 7) is 0. The van der Waals surface area contributed by atoms with Crippen molar-refractivity contribution >= 4 is 29.0 Å². The minimum Gasteiger partial charge on any atom is -0.509 e. The predicted octanol–water partition coefficient (Wildman–Crippen LogP) is -0.681. The lowest BCUT2D eigenvalue weighted by Crippen LogP contribution is -2.80. The summed E-state index contributed by atoms with van der Waals surface area (Å²) >= 11 is 0. The number of benzene rings is 1. The molecule has 5 rings (SSSR count). The van der Waals surface area contributed by atoms with Gasteiger partial charge in [-0.2, -0.15) is 5.26 Å². The van der Waals surface area contributed by atoms with Gasteiger partial charge in [-0.1, -0.05) is 17.3 Å². The molecule has 14 nitrogen and oxygen atoms in total. The molecule has 0 unspecified atom stereocenters. The van der Waals surface area contributed by atoms with Crippen LogP contribution in [-0.4, -0.2) is 79.8 Å². The van der Waals surface area contributed by atoms with E-state index in [0.29, 0.717) is 5.56 Å². The van der Waals surface area contributed by atoms with Crippen LogP contribution in [0.4, 0.5) is 0 Å². The van der Waals surface area contributed by atoms with Crippen LogP contribution in [0.3, 0.4) is 0 Å². The summed E-state index contributed by atoms with van der Waals surface area (Å²) < 4.78 is 4.86. The van der Waals surface area contributed by atoms with Gasteiger partial charge in [0, 0.05) is 18.1 Å². The van der Waals surface area contributed by atoms with Gasteiger partial charge in [0.1, 0.15) is 22.8 Å². The number of phenols is 1. The summed E-state index contributed by atoms with van der Waals surface area (Å²) in [5.74, 6) is -6.74. The van der Waals surface area contributed by atoms with Crippen LogP contribution in [0.2, 0.25) is 0 Å². The quantitative estimate of drug-likeness (QED) is 0.195. The highest BCUT2D eigenvalue weighted by atomic mass is 16.5. The SMILES string of the molecule is CN(C)[C@@H]1C(=O)C(C(N)=O)=C(O)[C@@]2(C#N)C(=O)C3=C(O)c4c(ccc(CC(=O)c5ccno5)c4O)C[C@@]3(N)C[C@@]12N. The van der Waals surface area contributed by atoms with Gasteiger partial charge in [-0.15, -0.1) is 0 Å². The summed E-state index contributed by atoms with van der Waals surface area (Å²) in [7, 11) is 2.87. The van der Waals surface area contributed by atoms with E-state index in [1.165, 1.54) is 43.4 Å². The van der Waals surface area contributed by atoms with Crippen LogP contribution in [0.1, 0.15) is 33.7 Å². The normalized spacial score (nSPS) is 29.1. The van der Waals surface area contributed by atoms with Crippen LogP contribution in [0, 0.1) is 16.7 Å². The molecule has 1 heterocycles. The summed E-state index contributed by atoms with van der Waals surface area (Å²) in [6, 6.07) is 4.53. The summed E-state index contributed by atoms with van der Waals surface area (Å²) in [6.07, 6.45) is 0.279.